The van der Waals surface area contributed by atoms with Crippen molar-refractivity contribution >= 4 is 0 Å². The quantitative estimate of drug-likeness (QED) is 0.728. The van der Waals surface area contributed by atoms with E-state index in [0.29, 0.717) is 19.1 Å². The zero-order valence-corrected chi connectivity index (χ0v) is 9.70. The highest BCUT2D eigenvalue weighted by molar-refractivity contribution is 5.27. The Morgan fingerprint density at radius 3 is 2.40 bits per heavy atom. The van der Waals surface area contributed by atoms with E-state index in [1.54, 1.807) is 0 Å². The van der Waals surface area contributed by atoms with Gasteiger partial charge in [-0.05, 0) is 43.0 Å². The van der Waals surface area contributed by atoms with Gasteiger partial charge in [-0.3, -0.25) is 0 Å². The second-order valence-electron chi connectivity index (χ2n) is 4.23. The Bertz CT molecular complexity index is 266. The summed E-state index contributed by atoms with van der Waals surface area (Å²) in [6.45, 7) is 5.85. The van der Waals surface area contributed by atoms with Crippen LogP contribution in [0.4, 0.5) is 0 Å². The highest BCUT2D eigenvalue weighted by atomic mass is 16.5. The Hall–Kier alpha value is -1.02. The van der Waals surface area contributed by atoms with Crippen molar-refractivity contribution in [2.75, 3.05) is 13.2 Å². The number of benzene rings is 1. The maximum Gasteiger partial charge on any atom is 0.119 e. The molecule has 0 spiro atoms. The van der Waals surface area contributed by atoms with Crippen LogP contribution in [0.25, 0.3) is 0 Å². The maximum atomic E-state index is 5.53. The van der Waals surface area contributed by atoms with Crippen LogP contribution >= 0.6 is 0 Å². The zero-order chi connectivity index (χ0) is 11.1. The van der Waals surface area contributed by atoms with Crippen LogP contribution < -0.4 is 10.5 Å². The Labute approximate surface area is 92.4 Å². The number of hydrogen-bond acceptors (Lipinski definition) is 2. The van der Waals surface area contributed by atoms with Crippen LogP contribution in [0.5, 0.6) is 5.75 Å². The van der Waals surface area contributed by atoms with Crippen LogP contribution in [0.2, 0.25) is 0 Å². The summed E-state index contributed by atoms with van der Waals surface area (Å²) in [7, 11) is 0. The predicted molar refractivity (Wildman–Crippen MR) is 64.2 cm³/mol. The van der Waals surface area contributed by atoms with Crippen LogP contribution in [0.3, 0.4) is 0 Å². The third kappa shape index (κ3) is 4.84. The minimum absolute atomic E-state index is 0.686. The molecule has 0 heterocycles. The van der Waals surface area contributed by atoms with Gasteiger partial charge in [0.2, 0.25) is 0 Å². The molecule has 1 rings (SSSR count). The van der Waals surface area contributed by atoms with Crippen molar-refractivity contribution in [1.29, 1.82) is 0 Å². The molecule has 0 fully saturated rings. The summed E-state index contributed by atoms with van der Waals surface area (Å²) in [5.74, 6) is 1.64. The van der Waals surface area contributed by atoms with Crippen LogP contribution in [0.1, 0.15) is 25.8 Å². The summed E-state index contributed by atoms with van der Waals surface area (Å²) < 4.78 is 5.53. The standard InChI is InChI=1S/C13H21NO/c1-11(2)10-12-4-6-13(7-5-12)15-9-3-8-14/h4-7,11H,3,8-10,14H2,1-2H3. The van der Waals surface area contributed by atoms with Gasteiger partial charge in [0.15, 0.2) is 0 Å². The molecule has 2 nitrogen and oxygen atoms in total. The molecule has 0 aromatic heterocycles. The van der Waals surface area contributed by atoms with E-state index in [4.69, 9.17) is 10.5 Å². The van der Waals surface area contributed by atoms with Crippen molar-refractivity contribution < 1.29 is 4.74 Å². The molecule has 0 bridgehead atoms. The van der Waals surface area contributed by atoms with Crippen molar-refractivity contribution in [1.82, 2.24) is 0 Å². The SMILES string of the molecule is CC(C)Cc1ccc(OCCCN)cc1. The first-order chi connectivity index (χ1) is 7.22. The summed E-state index contributed by atoms with van der Waals surface area (Å²) >= 11 is 0. The molecule has 0 atom stereocenters. The molecule has 1 aromatic carbocycles. The van der Waals surface area contributed by atoms with Crippen LogP contribution in [0, 0.1) is 5.92 Å². The Kier molecular flexibility index (Phi) is 5.19. The van der Waals surface area contributed by atoms with E-state index in [0.717, 1.165) is 18.6 Å². The Morgan fingerprint density at radius 2 is 1.87 bits per heavy atom. The number of rotatable bonds is 6. The predicted octanol–water partition coefficient (Wildman–Crippen LogP) is 2.61. The molecule has 0 unspecified atom stereocenters. The van der Waals surface area contributed by atoms with Crippen molar-refractivity contribution in [2.45, 2.75) is 26.7 Å². The number of nitrogens with two attached hydrogens (primary N) is 1. The van der Waals surface area contributed by atoms with E-state index in [-0.39, 0.29) is 0 Å². The smallest absolute Gasteiger partial charge is 0.119 e. The summed E-state index contributed by atoms with van der Waals surface area (Å²) in [6.07, 6.45) is 2.04. The van der Waals surface area contributed by atoms with E-state index in [9.17, 15) is 0 Å². The van der Waals surface area contributed by atoms with Gasteiger partial charge in [0.1, 0.15) is 5.75 Å². The van der Waals surface area contributed by atoms with Crippen molar-refractivity contribution in [3.8, 4) is 5.75 Å². The van der Waals surface area contributed by atoms with Crippen molar-refractivity contribution in [3.05, 3.63) is 29.8 Å². The molecule has 15 heavy (non-hydrogen) atoms. The van der Waals surface area contributed by atoms with Gasteiger partial charge in [-0.2, -0.15) is 0 Å². The summed E-state index contributed by atoms with van der Waals surface area (Å²) in [4.78, 5) is 0. The van der Waals surface area contributed by atoms with Crippen LogP contribution in [-0.4, -0.2) is 13.2 Å². The lowest BCUT2D eigenvalue weighted by Gasteiger charge is -2.07. The van der Waals surface area contributed by atoms with E-state index in [1.165, 1.54) is 5.56 Å². The van der Waals surface area contributed by atoms with E-state index in [1.807, 2.05) is 12.1 Å². The average Bonchev–Trinajstić information content (AvgIpc) is 2.20. The molecule has 0 radical (unpaired) electrons. The molecule has 0 aliphatic heterocycles. The second-order valence-corrected chi connectivity index (χ2v) is 4.23. The molecular weight excluding hydrogens is 186 g/mol. The molecule has 84 valence electrons. The lowest BCUT2D eigenvalue weighted by molar-refractivity contribution is 0.313. The fourth-order valence-electron chi connectivity index (χ4n) is 1.47. The van der Waals surface area contributed by atoms with Gasteiger partial charge in [-0.15, -0.1) is 0 Å². The monoisotopic (exact) mass is 207 g/mol. The van der Waals surface area contributed by atoms with Crippen molar-refractivity contribution in [2.24, 2.45) is 11.7 Å². The molecule has 0 saturated heterocycles. The molecule has 2 heteroatoms. The molecule has 0 aliphatic rings. The van der Waals surface area contributed by atoms with E-state index in [2.05, 4.69) is 26.0 Å². The normalized spacial score (nSPS) is 10.7. The van der Waals surface area contributed by atoms with Crippen LogP contribution in [0.15, 0.2) is 24.3 Å². The van der Waals surface area contributed by atoms with Crippen LogP contribution in [-0.2, 0) is 6.42 Å². The third-order valence-corrected chi connectivity index (χ3v) is 2.18. The third-order valence-electron chi connectivity index (χ3n) is 2.18. The second kappa shape index (κ2) is 6.46. The summed E-state index contributed by atoms with van der Waals surface area (Å²) in [5.41, 5.74) is 6.76. The summed E-state index contributed by atoms with van der Waals surface area (Å²) in [6, 6.07) is 8.35. The first-order valence-corrected chi connectivity index (χ1v) is 5.64. The molecule has 0 saturated carbocycles. The topological polar surface area (TPSA) is 35.2 Å². The minimum Gasteiger partial charge on any atom is -0.494 e. The van der Waals surface area contributed by atoms with E-state index >= 15 is 0 Å². The average molecular weight is 207 g/mol. The first kappa shape index (κ1) is 12.1. The lowest BCUT2D eigenvalue weighted by atomic mass is 10.0. The van der Waals surface area contributed by atoms with Crippen molar-refractivity contribution in [3.63, 3.8) is 0 Å². The van der Waals surface area contributed by atoms with E-state index < -0.39 is 0 Å². The lowest BCUT2D eigenvalue weighted by Crippen LogP contribution is -2.06. The zero-order valence-electron chi connectivity index (χ0n) is 9.70. The van der Waals surface area contributed by atoms with Gasteiger partial charge in [0, 0.05) is 0 Å². The fraction of sp³-hybridized carbons (Fsp3) is 0.538. The molecule has 0 aliphatic carbocycles. The van der Waals surface area contributed by atoms with Gasteiger partial charge in [0.25, 0.3) is 0 Å². The summed E-state index contributed by atoms with van der Waals surface area (Å²) in [5, 5.41) is 0. The fourth-order valence-corrected chi connectivity index (χ4v) is 1.47. The first-order valence-electron chi connectivity index (χ1n) is 5.64. The van der Waals surface area contributed by atoms with Gasteiger partial charge < -0.3 is 10.5 Å². The Balaban J connectivity index is 2.42. The van der Waals surface area contributed by atoms with Gasteiger partial charge >= 0.3 is 0 Å². The van der Waals surface area contributed by atoms with Gasteiger partial charge in [-0.1, -0.05) is 26.0 Å². The number of ether oxygens (including phenoxy) is 1. The molecule has 1 aromatic rings. The highest BCUT2D eigenvalue weighted by Crippen LogP contribution is 2.14. The largest absolute Gasteiger partial charge is 0.494 e. The maximum absolute atomic E-state index is 5.53. The van der Waals surface area contributed by atoms with Gasteiger partial charge in [-0.25, -0.2) is 0 Å². The molecular formula is C13H21NO. The molecule has 2 N–H and O–H groups in total. The highest BCUT2D eigenvalue weighted by Gasteiger charge is 1.98. The minimum atomic E-state index is 0.686. The number of hydrogen-bond donors (Lipinski definition) is 1. The molecule has 0 amide bonds. The van der Waals surface area contributed by atoms with Gasteiger partial charge in [0.05, 0.1) is 6.61 Å². The Morgan fingerprint density at radius 1 is 1.20 bits per heavy atom.